The summed E-state index contributed by atoms with van der Waals surface area (Å²) < 4.78 is 0. The summed E-state index contributed by atoms with van der Waals surface area (Å²) in [5.41, 5.74) is 3.68. The van der Waals surface area contributed by atoms with Gasteiger partial charge in [-0.25, -0.2) is 4.79 Å². The molecule has 1 unspecified atom stereocenters. The molecule has 9 heteroatoms. The Balaban J connectivity index is 1.39. The smallest absolute Gasteiger partial charge is 0.319 e. The van der Waals surface area contributed by atoms with E-state index in [1.165, 1.54) is 4.90 Å². The molecule has 0 spiro atoms. The van der Waals surface area contributed by atoms with Crippen LogP contribution in [-0.4, -0.2) is 34.7 Å². The topological polar surface area (TPSA) is 108 Å². The molecule has 2 aromatic carbocycles. The van der Waals surface area contributed by atoms with Crippen LogP contribution in [0.2, 0.25) is 5.02 Å². The van der Waals surface area contributed by atoms with Gasteiger partial charge in [0.1, 0.15) is 6.04 Å². The molecule has 1 atom stereocenters. The molecular weight excluding hydrogens is 420 g/mol. The number of halogens is 1. The minimum atomic E-state index is -0.647. The Bertz CT molecular complexity index is 1100. The summed E-state index contributed by atoms with van der Waals surface area (Å²) >= 11 is 5.98. The second kappa shape index (κ2) is 8.39. The first-order chi connectivity index (χ1) is 14.8. The van der Waals surface area contributed by atoms with Crippen LogP contribution in [0.4, 0.5) is 10.5 Å². The zero-order valence-electron chi connectivity index (χ0n) is 16.8. The number of anilines is 1. The fraction of sp³-hybridized carbons (Fsp3) is 0.273. The van der Waals surface area contributed by atoms with Crippen molar-refractivity contribution in [3.8, 4) is 0 Å². The second-order valence-corrected chi connectivity index (χ2v) is 8.09. The predicted molar refractivity (Wildman–Crippen MR) is 115 cm³/mol. The van der Waals surface area contributed by atoms with Crippen LogP contribution < -0.4 is 16.0 Å². The largest absolute Gasteiger partial charge is 0.334 e. The molecule has 1 fully saturated rings. The van der Waals surface area contributed by atoms with Crippen LogP contribution in [0.15, 0.2) is 36.4 Å². The van der Waals surface area contributed by atoms with Crippen molar-refractivity contribution in [2.75, 3.05) is 5.32 Å². The van der Waals surface area contributed by atoms with Gasteiger partial charge in [0.05, 0.1) is 0 Å². The summed E-state index contributed by atoms with van der Waals surface area (Å²) in [5.74, 6) is -0.976. The standard InChI is InChI=1S/C22H21ClN4O4/c1-12-2-4-15(23)9-17(12)25-22(31)24-10-13-3-5-16-14(8-13)11-27(21(16)30)18-6-7-19(28)26-20(18)29/h2-5,8-9,18H,6-7,10-11H2,1H3,(H2,24,25,31)(H,26,28,29). The van der Waals surface area contributed by atoms with Gasteiger partial charge in [-0.2, -0.15) is 0 Å². The van der Waals surface area contributed by atoms with Crippen LogP contribution in [0.5, 0.6) is 0 Å². The van der Waals surface area contributed by atoms with Crippen molar-refractivity contribution in [1.82, 2.24) is 15.5 Å². The number of hydrogen-bond donors (Lipinski definition) is 3. The average Bonchev–Trinajstić information content (AvgIpc) is 3.05. The van der Waals surface area contributed by atoms with E-state index in [4.69, 9.17) is 11.6 Å². The number of nitrogens with zero attached hydrogens (tertiary/aromatic N) is 1. The lowest BCUT2D eigenvalue weighted by molar-refractivity contribution is -0.136. The summed E-state index contributed by atoms with van der Waals surface area (Å²) in [6.45, 7) is 2.44. The number of benzene rings is 2. The zero-order chi connectivity index (χ0) is 22.1. The highest BCUT2D eigenvalue weighted by Crippen LogP contribution is 2.28. The Labute approximate surface area is 183 Å². The van der Waals surface area contributed by atoms with Gasteiger partial charge in [0.15, 0.2) is 0 Å². The molecule has 0 aliphatic carbocycles. The van der Waals surface area contributed by atoms with Gasteiger partial charge in [-0.1, -0.05) is 29.8 Å². The quantitative estimate of drug-likeness (QED) is 0.635. The van der Waals surface area contributed by atoms with Crippen molar-refractivity contribution in [2.24, 2.45) is 0 Å². The second-order valence-electron chi connectivity index (χ2n) is 7.66. The Kier molecular flexibility index (Phi) is 5.65. The molecule has 5 amide bonds. The van der Waals surface area contributed by atoms with Crippen molar-refractivity contribution in [1.29, 1.82) is 0 Å². The van der Waals surface area contributed by atoms with Crippen molar-refractivity contribution in [3.63, 3.8) is 0 Å². The number of carbonyl (C=O) groups is 4. The first-order valence-electron chi connectivity index (χ1n) is 9.89. The normalized spacial score (nSPS) is 17.9. The van der Waals surface area contributed by atoms with Gasteiger partial charge in [0.25, 0.3) is 5.91 Å². The lowest BCUT2D eigenvalue weighted by atomic mass is 10.0. The Morgan fingerprint density at radius 2 is 2.00 bits per heavy atom. The van der Waals surface area contributed by atoms with Gasteiger partial charge >= 0.3 is 6.03 Å². The molecule has 2 aromatic rings. The number of carbonyl (C=O) groups excluding carboxylic acids is 4. The summed E-state index contributed by atoms with van der Waals surface area (Å²) in [7, 11) is 0. The SMILES string of the molecule is Cc1ccc(Cl)cc1NC(=O)NCc1ccc2c(c1)CN(C1CCC(=O)NC1=O)C2=O. The van der Waals surface area contributed by atoms with Gasteiger partial charge in [-0.15, -0.1) is 0 Å². The summed E-state index contributed by atoms with van der Waals surface area (Å²) in [4.78, 5) is 50.0. The minimum absolute atomic E-state index is 0.215. The average molecular weight is 441 g/mol. The van der Waals surface area contributed by atoms with E-state index in [0.717, 1.165) is 16.7 Å². The van der Waals surface area contributed by atoms with Crippen LogP contribution in [0.25, 0.3) is 0 Å². The number of aryl methyl sites for hydroxylation is 1. The zero-order valence-corrected chi connectivity index (χ0v) is 17.6. The third-order valence-electron chi connectivity index (χ3n) is 5.49. The summed E-state index contributed by atoms with van der Waals surface area (Å²) in [6, 6.07) is 9.58. The van der Waals surface area contributed by atoms with Crippen molar-refractivity contribution in [2.45, 2.75) is 38.9 Å². The van der Waals surface area contributed by atoms with Crippen LogP contribution in [0.3, 0.4) is 0 Å². The number of fused-ring (bicyclic) bond motifs is 1. The Morgan fingerprint density at radius 1 is 1.19 bits per heavy atom. The van der Waals surface area contributed by atoms with E-state index < -0.39 is 11.9 Å². The van der Waals surface area contributed by atoms with E-state index in [0.29, 0.717) is 29.2 Å². The molecule has 160 valence electrons. The molecule has 2 aliphatic heterocycles. The number of hydrogen-bond acceptors (Lipinski definition) is 4. The van der Waals surface area contributed by atoms with E-state index in [-0.39, 0.29) is 30.8 Å². The van der Waals surface area contributed by atoms with Crippen molar-refractivity contribution >= 4 is 41.0 Å². The maximum absolute atomic E-state index is 12.7. The van der Waals surface area contributed by atoms with Crippen LogP contribution in [0, 0.1) is 6.92 Å². The fourth-order valence-corrected chi connectivity index (χ4v) is 3.99. The Hall–Kier alpha value is -3.39. The van der Waals surface area contributed by atoms with Crippen molar-refractivity contribution in [3.05, 3.63) is 63.7 Å². The molecule has 2 heterocycles. The van der Waals surface area contributed by atoms with E-state index in [9.17, 15) is 19.2 Å². The van der Waals surface area contributed by atoms with Gasteiger partial charge < -0.3 is 15.5 Å². The minimum Gasteiger partial charge on any atom is -0.334 e. The molecule has 0 bridgehead atoms. The number of rotatable bonds is 4. The highest BCUT2D eigenvalue weighted by Gasteiger charge is 2.39. The molecule has 3 N–H and O–H groups in total. The maximum atomic E-state index is 12.7. The van der Waals surface area contributed by atoms with Gasteiger partial charge in [-0.3, -0.25) is 19.7 Å². The third-order valence-corrected chi connectivity index (χ3v) is 5.72. The maximum Gasteiger partial charge on any atom is 0.319 e. The van der Waals surface area contributed by atoms with E-state index in [1.807, 2.05) is 19.1 Å². The highest BCUT2D eigenvalue weighted by atomic mass is 35.5. The van der Waals surface area contributed by atoms with Gasteiger partial charge in [0.2, 0.25) is 11.8 Å². The van der Waals surface area contributed by atoms with Crippen molar-refractivity contribution < 1.29 is 19.2 Å². The predicted octanol–water partition coefficient (Wildman–Crippen LogP) is 2.73. The molecule has 0 radical (unpaired) electrons. The van der Waals surface area contributed by atoms with Crippen LogP contribution >= 0.6 is 11.6 Å². The molecule has 0 aromatic heterocycles. The van der Waals surface area contributed by atoms with Crippen LogP contribution in [-0.2, 0) is 22.7 Å². The molecule has 8 nitrogen and oxygen atoms in total. The van der Waals surface area contributed by atoms with Gasteiger partial charge in [0, 0.05) is 35.8 Å². The lowest BCUT2D eigenvalue weighted by Gasteiger charge is -2.29. The molecule has 0 saturated carbocycles. The molecule has 31 heavy (non-hydrogen) atoms. The summed E-state index contributed by atoms with van der Waals surface area (Å²) in [6.07, 6.45) is 0.537. The molecule has 2 aliphatic rings. The Morgan fingerprint density at radius 3 is 2.77 bits per heavy atom. The molecular formula is C22H21ClN4O4. The fourth-order valence-electron chi connectivity index (χ4n) is 3.82. The third kappa shape index (κ3) is 4.39. The number of urea groups is 1. The van der Waals surface area contributed by atoms with E-state index in [2.05, 4.69) is 16.0 Å². The summed E-state index contributed by atoms with van der Waals surface area (Å²) in [5, 5.41) is 8.38. The number of amides is 5. The number of piperidine rings is 1. The lowest BCUT2D eigenvalue weighted by Crippen LogP contribution is -2.52. The molecule has 4 rings (SSSR count). The number of imide groups is 1. The van der Waals surface area contributed by atoms with Crippen LogP contribution in [0.1, 0.15) is 39.9 Å². The van der Waals surface area contributed by atoms with E-state index >= 15 is 0 Å². The monoisotopic (exact) mass is 440 g/mol. The molecule has 1 saturated heterocycles. The highest BCUT2D eigenvalue weighted by molar-refractivity contribution is 6.31. The first-order valence-corrected chi connectivity index (χ1v) is 10.3. The van der Waals surface area contributed by atoms with E-state index in [1.54, 1.807) is 24.3 Å². The van der Waals surface area contributed by atoms with Gasteiger partial charge in [-0.05, 0) is 48.2 Å². The number of nitrogens with one attached hydrogen (secondary N) is 3. The first kappa shape index (κ1) is 20.9.